The highest BCUT2D eigenvalue weighted by molar-refractivity contribution is 9.10. The Morgan fingerprint density at radius 2 is 2.00 bits per heavy atom. The number of phenolic OH excluding ortho intramolecular Hbond substituents is 1. The molecule has 27 heavy (non-hydrogen) atoms. The molecule has 136 valence electrons. The maximum atomic E-state index is 12.1. The van der Waals surface area contributed by atoms with E-state index in [2.05, 4.69) is 30.9 Å². The topological polar surface area (TPSA) is 102 Å². The fourth-order valence-corrected chi connectivity index (χ4v) is 2.67. The average Bonchev–Trinajstić information content (AvgIpc) is 2.69. The molecule has 2 heterocycles. The monoisotopic (exact) mass is 427 g/mol. The number of ketones is 1. The zero-order chi connectivity index (χ0) is 19.2. The smallest absolute Gasteiger partial charge is 0.171 e. The van der Waals surface area contributed by atoms with E-state index in [9.17, 15) is 14.7 Å². The highest BCUT2D eigenvalue weighted by Crippen LogP contribution is 2.32. The van der Waals surface area contributed by atoms with Gasteiger partial charge < -0.3 is 9.84 Å². The number of hydrogen-bond donors (Lipinski definition) is 1. The van der Waals surface area contributed by atoms with Crippen molar-refractivity contribution in [1.29, 1.82) is 0 Å². The molecule has 1 N–H and O–H groups in total. The molecule has 0 saturated carbocycles. The van der Waals surface area contributed by atoms with Crippen molar-refractivity contribution < 1.29 is 19.4 Å². The van der Waals surface area contributed by atoms with E-state index >= 15 is 0 Å². The van der Waals surface area contributed by atoms with Crippen molar-refractivity contribution in [3.8, 4) is 11.5 Å². The predicted molar refractivity (Wildman–Crippen MR) is 99.8 cm³/mol. The molecular formula is C19H14BrN3O4. The number of Topliss-reactive ketones (excluding diaryl/α,β-unsaturated/α-hetero) is 1. The maximum absolute atomic E-state index is 12.1. The first-order valence-corrected chi connectivity index (χ1v) is 8.69. The summed E-state index contributed by atoms with van der Waals surface area (Å²) in [7, 11) is 0. The molecule has 3 aromatic rings. The number of aromatic nitrogens is 3. The van der Waals surface area contributed by atoms with Crippen molar-refractivity contribution in [2.75, 3.05) is 0 Å². The van der Waals surface area contributed by atoms with Crippen LogP contribution in [0.5, 0.6) is 11.5 Å². The van der Waals surface area contributed by atoms with Crippen molar-refractivity contribution >= 4 is 28.0 Å². The standard InChI is InChI=1S/C19H14BrN3O4/c20-15-5-17(26)18(4-14(15)10-24)27-11-12-7-22-19(23-8-12)6-16(25)13-2-1-3-21-9-13/h1-5,7-10,26H,6,11H2. The first-order chi connectivity index (χ1) is 13.1. The van der Waals surface area contributed by atoms with Gasteiger partial charge in [-0.15, -0.1) is 0 Å². The number of benzene rings is 1. The van der Waals surface area contributed by atoms with Crippen LogP contribution in [0.15, 0.2) is 53.5 Å². The van der Waals surface area contributed by atoms with Gasteiger partial charge in [-0.25, -0.2) is 9.97 Å². The van der Waals surface area contributed by atoms with Crippen LogP contribution in [-0.4, -0.2) is 32.1 Å². The van der Waals surface area contributed by atoms with Gasteiger partial charge in [-0.3, -0.25) is 14.6 Å². The lowest BCUT2D eigenvalue weighted by molar-refractivity contribution is 0.0990. The van der Waals surface area contributed by atoms with Crippen LogP contribution >= 0.6 is 15.9 Å². The number of nitrogens with zero attached hydrogens (tertiary/aromatic N) is 3. The number of phenols is 1. The van der Waals surface area contributed by atoms with Crippen LogP contribution in [0.3, 0.4) is 0 Å². The van der Waals surface area contributed by atoms with Crippen molar-refractivity contribution in [2.24, 2.45) is 0 Å². The van der Waals surface area contributed by atoms with Crippen LogP contribution in [-0.2, 0) is 13.0 Å². The molecule has 0 bridgehead atoms. The number of carbonyl (C=O) groups excluding carboxylic acids is 2. The van der Waals surface area contributed by atoms with E-state index in [0.29, 0.717) is 33.3 Å². The third kappa shape index (κ3) is 4.73. The van der Waals surface area contributed by atoms with Gasteiger partial charge in [0.2, 0.25) is 0 Å². The molecule has 8 heteroatoms. The highest BCUT2D eigenvalue weighted by Gasteiger charge is 2.11. The van der Waals surface area contributed by atoms with Crippen LogP contribution in [0.4, 0.5) is 0 Å². The molecule has 0 spiro atoms. The van der Waals surface area contributed by atoms with Gasteiger partial charge in [0.1, 0.15) is 12.4 Å². The lowest BCUT2D eigenvalue weighted by Crippen LogP contribution is -2.08. The summed E-state index contributed by atoms with van der Waals surface area (Å²) < 4.78 is 6.01. The Bertz CT molecular complexity index is 963. The van der Waals surface area contributed by atoms with Crippen molar-refractivity contribution in [1.82, 2.24) is 15.0 Å². The second kappa shape index (κ2) is 8.50. The lowest BCUT2D eigenvalue weighted by atomic mass is 10.1. The molecule has 0 atom stereocenters. The molecule has 0 radical (unpaired) electrons. The zero-order valence-electron chi connectivity index (χ0n) is 14.0. The van der Waals surface area contributed by atoms with Crippen LogP contribution in [0.25, 0.3) is 0 Å². The average molecular weight is 428 g/mol. The molecule has 0 amide bonds. The van der Waals surface area contributed by atoms with Gasteiger partial charge in [-0.05, 0) is 40.2 Å². The number of pyridine rings is 1. The number of rotatable bonds is 7. The third-order valence-electron chi connectivity index (χ3n) is 3.66. The number of aldehydes is 1. The summed E-state index contributed by atoms with van der Waals surface area (Å²) in [6.07, 6.45) is 6.94. The largest absolute Gasteiger partial charge is 0.504 e. The minimum absolute atomic E-state index is 0.0724. The predicted octanol–water partition coefficient (Wildman–Crippen LogP) is 3.16. The number of ether oxygens (including phenoxy) is 1. The van der Waals surface area contributed by atoms with E-state index < -0.39 is 0 Å². The quantitative estimate of drug-likeness (QED) is 0.456. The Balaban J connectivity index is 1.63. The summed E-state index contributed by atoms with van der Waals surface area (Å²) in [5.41, 5.74) is 1.52. The molecule has 0 saturated heterocycles. The number of aromatic hydroxyl groups is 1. The summed E-state index contributed by atoms with van der Waals surface area (Å²) >= 11 is 3.18. The first kappa shape index (κ1) is 18.7. The van der Waals surface area contributed by atoms with Crippen molar-refractivity contribution in [3.05, 3.63) is 76.0 Å². The number of hydrogen-bond acceptors (Lipinski definition) is 7. The Hall–Kier alpha value is -3.13. The lowest BCUT2D eigenvalue weighted by Gasteiger charge is -2.09. The van der Waals surface area contributed by atoms with Gasteiger partial charge in [-0.1, -0.05) is 0 Å². The minimum atomic E-state index is -0.117. The van der Waals surface area contributed by atoms with Crippen molar-refractivity contribution in [3.63, 3.8) is 0 Å². The van der Waals surface area contributed by atoms with E-state index in [-0.39, 0.29) is 30.3 Å². The molecule has 0 aliphatic rings. The molecule has 0 fully saturated rings. The number of carbonyl (C=O) groups is 2. The molecule has 0 aliphatic carbocycles. The van der Waals surface area contributed by atoms with E-state index in [4.69, 9.17) is 4.74 Å². The Kier molecular flexibility index (Phi) is 5.87. The first-order valence-electron chi connectivity index (χ1n) is 7.90. The summed E-state index contributed by atoms with van der Waals surface area (Å²) in [6, 6.07) is 6.22. The van der Waals surface area contributed by atoms with Crippen molar-refractivity contribution in [2.45, 2.75) is 13.0 Å². The molecule has 0 unspecified atom stereocenters. The normalized spacial score (nSPS) is 10.4. The van der Waals surface area contributed by atoms with Gasteiger partial charge in [0.05, 0.1) is 6.42 Å². The summed E-state index contributed by atoms with van der Waals surface area (Å²) in [5, 5.41) is 9.90. The van der Waals surface area contributed by atoms with Gasteiger partial charge in [0.25, 0.3) is 0 Å². The molecule has 3 rings (SSSR count). The van der Waals surface area contributed by atoms with Gasteiger partial charge in [-0.2, -0.15) is 0 Å². The van der Waals surface area contributed by atoms with Gasteiger partial charge >= 0.3 is 0 Å². The Labute approximate surface area is 163 Å². The number of halogens is 1. The highest BCUT2D eigenvalue weighted by atomic mass is 79.9. The van der Waals surface area contributed by atoms with Crippen LogP contribution in [0.2, 0.25) is 0 Å². The van der Waals surface area contributed by atoms with E-state index in [0.717, 1.165) is 0 Å². The van der Waals surface area contributed by atoms with Crippen LogP contribution in [0, 0.1) is 0 Å². The Morgan fingerprint density at radius 1 is 1.22 bits per heavy atom. The second-order valence-electron chi connectivity index (χ2n) is 5.60. The molecule has 0 aliphatic heterocycles. The second-order valence-corrected chi connectivity index (χ2v) is 6.45. The van der Waals surface area contributed by atoms with Crippen LogP contribution < -0.4 is 4.74 Å². The molecule has 1 aromatic carbocycles. The zero-order valence-corrected chi connectivity index (χ0v) is 15.6. The van der Waals surface area contributed by atoms with Gasteiger partial charge in [0.15, 0.2) is 23.6 Å². The van der Waals surface area contributed by atoms with E-state index in [1.165, 1.54) is 18.3 Å². The molecule has 2 aromatic heterocycles. The summed E-state index contributed by atoms with van der Waals surface area (Å²) in [6.45, 7) is 0.102. The Morgan fingerprint density at radius 3 is 2.67 bits per heavy atom. The SMILES string of the molecule is O=Cc1cc(OCc2cnc(CC(=O)c3cccnc3)nc2)c(O)cc1Br. The summed E-state index contributed by atoms with van der Waals surface area (Å²) in [4.78, 5) is 35.4. The minimum Gasteiger partial charge on any atom is -0.504 e. The maximum Gasteiger partial charge on any atom is 0.171 e. The van der Waals surface area contributed by atoms with E-state index in [1.807, 2.05) is 0 Å². The fourth-order valence-electron chi connectivity index (χ4n) is 2.25. The third-order valence-corrected chi connectivity index (χ3v) is 4.35. The molecule has 7 nitrogen and oxygen atoms in total. The fraction of sp³-hybridized carbons (Fsp3) is 0.105. The van der Waals surface area contributed by atoms with Crippen LogP contribution in [0.1, 0.15) is 32.1 Å². The van der Waals surface area contributed by atoms with Gasteiger partial charge in [0, 0.05) is 46.0 Å². The summed E-state index contributed by atoms with van der Waals surface area (Å²) in [5.74, 6) is 0.360. The van der Waals surface area contributed by atoms with E-state index in [1.54, 1.807) is 30.7 Å². The molecular weight excluding hydrogens is 414 g/mol.